The predicted octanol–water partition coefficient (Wildman–Crippen LogP) is 0.608. The van der Waals surface area contributed by atoms with Crippen molar-refractivity contribution in [2.75, 3.05) is 13.7 Å². The molecule has 2 heterocycles. The highest BCUT2D eigenvalue weighted by Crippen LogP contribution is 2.22. The van der Waals surface area contributed by atoms with E-state index in [1.54, 1.807) is 35.0 Å². The number of likely N-dealkylation sites (tertiary alicyclic amines) is 1. The van der Waals surface area contributed by atoms with Gasteiger partial charge in [0.25, 0.3) is 0 Å². The molecule has 6 nitrogen and oxygen atoms in total. The number of carbonyl (C=O) groups is 2. The smallest absolute Gasteiger partial charge is 0.328 e. The van der Waals surface area contributed by atoms with Crippen LogP contribution >= 0.6 is 0 Å². The number of carbonyl (C=O) groups excluding carboxylic acids is 2. The standard InChI is InChI=1S/C12H17N3O3/c1-9(15-8-4-6-13-15)11(16)14-7-3-5-10(14)12(17)18-2/h4,6,8-10H,3,5,7H2,1-2H3. The van der Waals surface area contributed by atoms with E-state index in [2.05, 4.69) is 5.10 Å². The first-order valence-corrected chi connectivity index (χ1v) is 6.02. The van der Waals surface area contributed by atoms with E-state index in [0.717, 1.165) is 6.42 Å². The van der Waals surface area contributed by atoms with Gasteiger partial charge < -0.3 is 9.64 Å². The Morgan fingerprint density at radius 1 is 1.50 bits per heavy atom. The number of amides is 1. The Morgan fingerprint density at radius 2 is 2.28 bits per heavy atom. The van der Waals surface area contributed by atoms with Gasteiger partial charge in [0.05, 0.1) is 7.11 Å². The molecule has 0 spiro atoms. The van der Waals surface area contributed by atoms with Crippen LogP contribution in [0.25, 0.3) is 0 Å². The Balaban J connectivity index is 2.11. The van der Waals surface area contributed by atoms with Gasteiger partial charge in [-0.1, -0.05) is 0 Å². The number of rotatable bonds is 3. The van der Waals surface area contributed by atoms with Gasteiger partial charge in [-0.2, -0.15) is 5.10 Å². The number of methoxy groups -OCH3 is 1. The zero-order valence-electron chi connectivity index (χ0n) is 10.6. The van der Waals surface area contributed by atoms with Crippen molar-refractivity contribution >= 4 is 11.9 Å². The van der Waals surface area contributed by atoms with Gasteiger partial charge in [-0.15, -0.1) is 0 Å². The van der Waals surface area contributed by atoms with Crippen LogP contribution in [-0.4, -0.2) is 46.3 Å². The highest BCUT2D eigenvalue weighted by atomic mass is 16.5. The fraction of sp³-hybridized carbons (Fsp3) is 0.583. The van der Waals surface area contributed by atoms with Gasteiger partial charge in [0, 0.05) is 18.9 Å². The minimum atomic E-state index is -0.444. The Morgan fingerprint density at radius 3 is 2.89 bits per heavy atom. The van der Waals surface area contributed by atoms with Crippen molar-refractivity contribution in [1.82, 2.24) is 14.7 Å². The first-order valence-electron chi connectivity index (χ1n) is 6.02. The number of hydrogen-bond acceptors (Lipinski definition) is 4. The fourth-order valence-electron chi connectivity index (χ4n) is 2.27. The molecule has 1 saturated heterocycles. The molecular formula is C12H17N3O3. The molecule has 1 aliphatic heterocycles. The second kappa shape index (κ2) is 5.20. The van der Waals surface area contributed by atoms with Gasteiger partial charge in [0.1, 0.15) is 12.1 Å². The average Bonchev–Trinajstić information content (AvgIpc) is 3.06. The van der Waals surface area contributed by atoms with Crippen LogP contribution in [0.4, 0.5) is 0 Å². The molecule has 2 rings (SSSR count). The Bertz CT molecular complexity index is 430. The Labute approximate surface area is 106 Å². The second-order valence-corrected chi connectivity index (χ2v) is 4.37. The normalized spacial score (nSPS) is 20.8. The zero-order chi connectivity index (χ0) is 13.1. The van der Waals surface area contributed by atoms with E-state index >= 15 is 0 Å². The third kappa shape index (κ3) is 2.23. The number of ether oxygens (including phenoxy) is 1. The molecule has 2 atom stereocenters. The van der Waals surface area contributed by atoms with Crippen molar-refractivity contribution in [3.63, 3.8) is 0 Å². The monoisotopic (exact) mass is 251 g/mol. The number of esters is 1. The molecule has 2 unspecified atom stereocenters. The van der Waals surface area contributed by atoms with Crippen LogP contribution in [0.3, 0.4) is 0 Å². The molecule has 1 aromatic rings. The summed E-state index contributed by atoms with van der Waals surface area (Å²) in [5.41, 5.74) is 0. The summed E-state index contributed by atoms with van der Waals surface area (Å²) < 4.78 is 6.32. The van der Waals surface area contributed by atoms with E-state index in [0.29, 0.717) is 13.0 Å². The Hall–Kier alpha value is -1.85. The summed E-state index contributed by atoms with van der Waals surface area (Å²) >= 11 is 0. The zero-order valence-corrected chi connectivity index (χ0v) is 10.6. The van der Waals surface area contributed by atoms with Crippen LogP contribution in [0, 0.1) is 0 Å². The molecule has 1 aromatic heterocycles. The molecule has 0 saturated carbocycles. The van der Waals surface area contributed by atoms with Crippen molar-refractivity contribution in [3.05, 3.63) is 18.5 Å². The summed E-state index contributed by atoms with van der Waals surface area (Å²) in [5, 5.41) is 4.05. The van der Waals surface area contributed by atoms with Gasteiger partial charge in [-0.05, 0) is 25.8 Å². The maximum absolute atomic E-state index is 12.3. The quantitative estimate of drug-likeness (QED) is 0.738. The number of nitrogens with zero attached hydrogens (tertiary/aromatic N) is 3. The van der Waals surface area contributed by atoms with Crippen LogP contribution in [0.1, 0.15) is 25.8 Å². The molecule has 18 heavy (non-hydrogen) atoms. The second-order valence-electron chi connectivity index (χ2n) is 4.37. The molecule has 6 heteroatoms. The lowest BCUT2D eigenvalue weighted by atomic mass is 10.2. The molecular weight excluding hydrogens is 234 g/mol. The minimum Gasteiger partial charge on any atom is -0.467 e. The summed E-state index contributed by atoms with van der Waals surface area (Å²) in [6.45, 7) is 2.38. The number of aromatic nitrogens is 2. The summed E-state index contributed by atoms with van der Waals surface area (Å²) in [6.07, 6.45) is 4.87. The van der Waals surface area contributed by atoms with E-state index in [1.165, 1.54) is 7.11 Å². The third-order valence-corrected chi connectivity index (χ3v) is 3.29. The average molecular weight is 251 g/mol. The maximum atomic E-state index is 12.3. The maximum Gasteiger partial charge on any atom is 0.328 e. The van der Waals surface area contributed by atoms with Crippen molar-refractivity contribution in [1.29, 1.82) is 0 Å². The highest BCUT2D eigenvalue weighted by Gasteiger charge is 2.37. The topological polar surface area (TPSA) is 64.4 Å². The lowest BCUT2D eigenvalue weighted by Gasteiger charge is -2.25. The minimum absolute atomic E-state index is 0.0911. The largest absolute Gasteiger partial charge is 0.467 e. The summed E-state index contributed by atoms with van der Waals surface area (Å²) in [5.74, 6) is -0.430. The Kier molecular flexibility index (Phi) is 3.64. The van der Waals surface area contributed by atoms with Gasteiger partial charge in [-0.3, -0.25) is 9.48 Å². The van der Waals surface area contributed by atoms with E-state index in [4.69, 9.17) is 4.74 Å². The molecule has 0 radical (unpaired) electrons. The van der Waals surface area contributed by atoms with Crippen LogP contribution in [-0.2, 0) is 14.3 Å². The molecule has 0 aromatic carbocycles. The molecule has 1 amide bonds. The SMILES string of the molecule is COC(=O)C1CCCN1C(=O)C(C)n1cccn1. The van der Waals surface area contributed by atoms with E-state index < -0.39 is 12.1 Å². The highest BCUT2D eigenvalue weighted by molar-refractivity contribution is 5.87. The molecule has 1 fully saturated rings. The van der Waals surface area contributed by atoms with E-state index in [-0.39, 0.29) is 11.9 Å². The summed E-state index contributed by atoms with van der Waals surface area (Å²) in [4.78, 5) is 25.5. The predicted molar refractivity (Wildman–Crippen MR) is 63.7 cm³/mol. The molecule has 0 aliphatic carbocycles. The molecule has 1 aliphatic rings. The lowest BCUT2D eigenvalue weighted by Crippen LogP contribution is -2.44. The first kappa shape index (κ1) is 12.6. The van der Waals surface area contributed by atoms with Gasteiger partial charge in [-0.25, -0.2) is 4.79 Å². The molecule has 0 N–H and O–H groups in total. The van der Waals surface area contributed by atoms with Gasteiger partial charge in [0.2, 0.25) is 5.91 Å². The van der Waals surface area contributed by atoms with Crippen molar-refractivity contribution in [3.8, 4) is 0 Å². The third-order valence-electron chi connectivity index (χ3n) is 3.29. The van der Waals surface area contributed by atoms with Crippen molar-refractivity contribution < 1.29 is 14.3 Å². The van der Waals surface area contributed by atoms with Crippen LogP contribution < -0.4 is 0 Å². The van der Waals surface area contributed by atoms with Crippen LogP contribution in [0.15, 0.2) is 18.5 Å². The van der Waals surface area contributed by atoms with Crippen LogP contribution in [0.5, 0.6) is 0 Å². The van der Waals surface area contributed by atoms with Gasteiger partial charge >= 0.3 is 5.97 Å². The van der Waals surface area contributed by atoms with Crippen molar-refractivity contribution in [2.24, 2.45) is 0 Å². The van der Waals surface area contributed by atoms with E-state index in [1.807, 2.05) is 0 Å². The number of hydrogen-bond donors (Lipinski definition) is 0. The first-order chi connectivity index (χ1) is 8.65. The lowest BCUT2D eigenvalue weighted by molar-refractivity contribution is -0.152. The molecule has 98 valence electrons. The summed E-state index contributed by atoms with van der Waals surface area (Å²) in [7, 11) is 1.35. The van der Waals surface area contributed by atoms with E-state index in [9.17, 15) is 9.59 Å². The molecule has 0 bridgehead atoms. The van der Waals surface area contributed by atoms with Crippen LogP contribution in [0.2, 0.25) is 0 Å². The van der Waals surface area contributed by atoms with Crippen molar-refractivity contribution in [2.45, 2.75) is 31.8 Å². The van der Waals surface area contributed by atoms with Gasteiger partial charge in [0.15, 0.2) is 0 Å². The summed E-state index contributed by atoms with van der Waals surface area (Å²) in [6, 6.07) is 0.928. The fourth-order valence-corrected chi connectivity index (χ4v) is 2.27.